The van der Waals surface area contributed by atoms with E-state index < -0.39 is 0 Å². The van der Waals surface area contributed by atoms with Gasteiger partial charge in [0.2, 0.25) is 0 Å². The first-order valence-electron chi connectivity index (χ1n) is 7.80. The van der Waals surface area contributed by atoms with Gasteiger partial charge in [0.05, 0.1) is 6.10 Å². The summed E-state index contributed by atoms with van der Waals surface area (Å²) in [5, 5.41) is 10.2. The van der Waals surface area contributed by atoms with Crippen LogP contribution in [-0.4, -0.2) is 5.11 Å². The molecule has 1 unspecified atom stereocenters. The van der Waals surface area contributed by atoms with E-state index in [1.807, 2.05) is 30.3 Å². The highest BCUT2D eigenvalue weighted by molar-refractivity contribution is 5.69. The normalized spacial score (nSPS) is 12.7. The molecule has 0 spiro atoms. The second-order valence-corrected chi connectivity index (χ2v) is 5.43. The molecule has 0 amide bonds. The molecule has 0 aliphatic carbocycles. The Hall–Kier alpha value is -1.86. The number of hydrogen-bond donors (Lipinski definition) is 1. The first-order valence-corrected chi connectivity index (χ1v) is 7.80. The number of aliphatic hydroxyl groups excluding tert-OH is 1. The van der Waals surface area contributed by atoms with Gasteiger partial charge in [-0.25, -0.2) is 0 Å². The van der Waals surface area contributed by atoms with E-state index in [0.717, 1.165) is 24.0 Å². The van der Waals surface area contributed by atoms with Crippen LogP contribution in [0.3, 0.4) is 0 Å². The highest BCUT2D eigenvalue weighted by Gasteiger charge is 2.06. The highest BCUT2D eigenvalue weighted by Crippen LogP contribution is 2.21. The molecule has 0 aromatic heterocycles. The Morgan fingerprint density at radius 3 is 2.38 bits per heavy atom. The zero-order valence-corrected chi connectivity index (χ0v) is 12.7. The molecule has 2 aromatic carbocycles. The molecule has 0 radical (unpaired) electrons. The van der Waals surface area contributed by atoms with Crippen LogP contribution >= 0.6 is 0 Å². The van der Waals surface area contributed by atoms with Crippen molar-refractivity contribution in [2.24, 2.45) is 0 Å². The van der Waals surface area contributed by atoms with E-state index in [-0.39, 0.29) is 6.10 Å². The van der Waals surface area contributed by atoms with Crippen molar-refractivity contribution in [1.29, 1.82) is 0 Å². The van der Waals surface area contributed by atoms with Gasteiger partial charge < -0.3 is 5.11 Å². The molecule has 0 saturated carbocycles. The molecule has 0 aliphatic rings. The molecule has 2 aromatic rings. The van der Waals surface area contributed by atoms with E-state index in [0.29, 0.717) is 0 Å². The van der Waals surface area contributed by atoms with Crippen molar-refractivity contribution in [2.45, 2.75) is 38.7 Å². The van der Waals surface area contributed by atoms with E-state index in [4.69, 9.17) is 0 Å². The monoisotopic (exact) mass is 280 g/mol. The van der Waals surface area contributed by atoms with Gasteiger partial charge in [-0.05, 0) is 29.2 Å². The van der Waals surface area contributed by atoms with Crippen LogP contribution in [0.25, 0.3) is 12.2 Å². The minimum absolute atomic E-state index is 0.346. The Morgan fingerprint density at radius 2 is 1.62 bits per heavy atom. The lowest BCUT2D eigenvalue weighted by Gasteiger charge is -2.11. The van der Waals surface area contributed by atoms with Gasteiger partial charge in [0.15, 0.2) is 0 Å². The van der Waals surface area contributed by atoms with Crippen molar-refractivity contribution in [1.82, 2.24) is 0 Å². The minimum atomic E-state index is -0.346. The zero-order valence-electron chi connectivity index (χ0n) is 12.7. The molecular weight excluding hydrogens is 256 g/mol. The molecule has 110 valence electrons. The van der Waals surface area contributed by atoms with Gasteiger partial charge in [0.1, 0.15) is 0 Å². The maximum atomic E-state index is 10.2. The van der Waals surface area contributed by atoms with Gasteiger partial charge in [-0.15, -0.1) is 0 Å². The molecule has 1 N–H and O–H groups in total. The summed E-state index contributed by atoms with van der Waals surface area (Å²) in [6, 6.07) is 18.4. The van der Waals surface area contributed by atoms with Crippen LogP contribution in [0.4, 0.5) is 0 Å². The molecule has 0 saturated heterocycles. The Bertz CT molecular complexity index is 557. The summed E-state index contributed by atoms with van der Waals surface area (Å²) in [7, 11) is 0. The Balaban J connectivity index is 2.02. The van der Waals surface area contributed by atoms with Gasteiger partial charge in [-0.1, -0.05) is 86.9 Å². The summed E-state index contributed by atoms with van der Waals surface area (Å²) in [6.07, 6.45) is 8.15. The molecule has 1 heteroatoms. The molecule has 0 bridgehead atoms. The van der Waals surface area contributed by atoms with Gasteiger partial charge in [0, 0.05) is 0 Å². The summed E-state index contributed by atoms with van der Waals surface area (Å²) in [5.74, 6) is 0. The van der Waals surface area contributed by atoms with Crippen molar-refractivity contribution < 1.29 is 5.11 Å². The summed E-state index contributed by atoms with van der Waals surface area (Å²) in [4.78, 5) is 0. The van der Waals surface area contributed by atoms with E-state index in [9.17, 15) is 5.11 Å². The van der Waals surface area contributed by atoms with E-state index in [1.54, 1.807) is 0 Å². The molecular formula is C20H24O. The van der Waals surface area contributed by atoms with Crippen LogP contribution in [0.5, 0.6) is 0 Å². The average molecular weight is 280 g/mol. The Labute approximate surface area is 128 Å². The fourth-order valence-corrected chi connectivity index (χ4v) is 2.38. The quantitative estimate of drug-likeness (QED) is 0.526. The van der Waals surface area contributed by atoms with Crippen molar-refractivity contribution in [2.75, 3.05) is 0 Å². The first-order chi connectivity index (χ1) is 10.3. The lowest BCUT2D eigenvalue weighted by Crippen LogP contribution is -1.97. The SMILES string of the molecule is CCCCCC(O)c1cccc(/C=C/c2ccccc2)c1. The third-order valence-corrected chi connectivity index (χ3v) is 3.64. The van der Waals surface area contributed by atoms with Crippen LogP contribution in [-0.2, 0) is 0 Å². The summed E-state index contributed by atoms with van der Waals surface area (Å²) in [6.45, 7) is 2.18. The molecule has 1 atom stereocenters. The van der Waals surface area contributed by atoms with Crippen LogP contribution in [0, 0.1) is 0 Å². The van der Waals surface area contributed by atoms with Crippen molar-refractivity contribution in [3.63, 3.8) is 0 Å². The molecule has 1 nitrogen and oxygen atoms in total. The van der Waals surface area contributed by atoms with Crippen molar-refractivity contribution in [3.05, 3.63) is 71.3 Å². The summed E-state index contributed by atoms with van der Waals surface area (Å²) >= 11 is 0. The third-order valence-electron chi connectivity index (χ3n) is 3.64. The number of benzene rings is 2. The fraction of sp³-hybridized carbons (Fsp3) is 0.300. The lowest BCUT2D eigenvalue weighted by molar-refractivity contribution is 0.163. The predicted molar refractivity (Wildman–Crippen MR) is 90.9 cm³/mol. The van der Waals surface area contributed by atoms with E-state index in [1.165, 1.54) is 18.4 Å². The van der Waals surface area contributed by atoms with Crippen LogP contribution < -0.4 is 0 Å². The van der Waals surface area contributed by atoms with Crippen LogP contribution in [0.15, 0.2) is 54.6 Å². The van der Waals surface area contributed by atoms with Gasteiger partial charge in [-0.3, -0.25) is 0 Å². The molecule has 0 fully saturated rings. The topological polar surface area (TPSA) is 20.2 Å². The first kappa shape index (κ1) is 15.5. The predicted octanol–water partition coefficient (Wildman–Crippen LogP) is 5.47. The number of hydrogen-bond acceptors (Lipinski definition) is 1. The maximum absolute atomic E-state index is 10.2. The molecule has 2 rings (SSSR count). The summed E-state index contributed by atoms with van der Waals surface area (Å²) < 4.78 is 0. The number of unbranched alkanes of at least 4 members (excludes halogenated alkanes) is 2. The zero-order chi connectivity index (χ0) is 14.9. The summed E-state index contributed by atoms with van der Waals surface area (Å²) in [5.41, 5.74) is 3.33. The standard InChI is InChI=1S/C20H24O/c1-2-3-5-13-20(21)19-12-8-11-18(16-19)15-14-17-9-6-4-7-10-17/h4,6-12,14-16,20-21H,2-3,5,13H2,1H3/b15-14+. The Morgan fingerprint density at radius 1 is 0.905 bits per heavy atom. The molecule has 0 heterocycles. The smallest absolute Gasteiger partial charge is 0.0790 e. The van der Waals surface area contributed by atoms with Gasteiger partial charge >= 0.3 is 0 Å². The Kier molecular flexibility index (Phi) is 6.23. The third kappa shape index (κ3) is 5.20. The highest BCUT2D eigenvalue weighted by atomic mass is 16.3. The molecule has 0 aliphatic heterocycles. The average Bonchev–Trinajstić information content (AvgIpc) is 2.54. The van der Waals surface area contributed by atoms with Gasteiger partial charge in [0.25, 0.3) is 0 Å². The van der Waals surface area contributed by atoms with Crippen LogP contribution in [0.1, 0.15) is 55.4 Å². The van der Waals surface area contributed by atoms with Gasteiger partial charge in [-0.2, -0.15) is 0 Å². The lowest BCUT2D eigenvalue weighted by atomic mass is 10.0. The second-order valence-electron chi connectivity index (χ2n) is 5.43. The minimum Gasteiger partial charge on any atom is -0.388 e. The number of rotatable bonds is 7. The second kappa shape index (κ2) is 8.43. The van der Waals surface area contributed by atoms with Crippen molar-refractivity contribution in [3.8, 4) is 0 Å². The number of aliphatic hydroxyl groups is 1. The fourth-order valence-electron chi connectivity index (χ4n) is 2.38. The van der Waals surface area contributed by atoms with Crippen molar-refractivity contribution >= 4 is 12.2 Å². The van der Waals surface area contributed by atoms with Crippen LogP contribution in [0.2, 0.25) is 0 Å². The largest absolute Gasteiger partial charge is 0.388 e. The molecule has 21 heavy (non-hydrogen) atoms. The van der Waals surface area contributed by atoms with E-state index >= 15 is 0 Å². The van der Waals surface area contributed by atoms with E-state index in [2.05, 4.69) is 43.3 Å². The maximum Gasteiger partial charge on any atom is 0.0790 e.